The van der Waals surface area contributed by atoms with Crippen molar-refractivity contribution in [3.63, 3.8) is 0 Å². The molecule has 0 saturated heterocycles. The van der Waals surface area contributed by atoms with Crippen molar-refractivity contribution >= 4 is 29.9 Å². The van der Waals surface area contributed by atoms with Gasteiger partial charge in [0.2, 0.25) is 0 Å². The van der Waals surface area contributed by atoms with E-state index >= 15 is 0 Å². The summed E-state index contributed by atoms with van der Waals surface area (Å²) < 4.78 is 0. The summed E-state index contributed by atoms with van der Waals surface area (Å²) in [5.41, 5.74) is 7.31. The molecule has 2 unspecified atom stereocenters. The molecule has 3 N–H and O–H groups in total. The van der Waals surface area contributed by atoms with Crippen LogP contribution in [0.5, 0.6) is 0 Å². The number of halogens is 2. The molecule has 1 saturated carbocycles. The van der Waals surface area contributed by atoms with Gasteiger partial charge in [-0.15, -0.1) is 12.4 Å². The number of carbonyl (C=O) groups excluding carboxylic acids is 1. The van der Waals surface area contributed by atoms with Crippen LogP contribution in [-0.4, -0.2) is 18.5 Å². The first-order chi connectivity index (χ1) is 8.61. The van der Waals surface area contributed by atoms with E-state index in [1.54, 1.807) is 6.07 Å². The number of hydrogen-bond acceptors (Lipinski definition) is 2. The number of carbonyl (C=O) groups is 1. The van der Waals surface area contributed by atoms with Crippen molar-refractivity contribution in [1.82, 2.24) is 5.32 Å². The fourth-order valence-corrected chi connectivity index (χ4v) is 2.88. The van der Waals surface area contributed by atoms with Gasteiger partial charge in [-0.05, 0) is 49.9 Å². The quantitative estimate of drug-likeness (QED) is 0.902. The molecule has 1 fully saturated rings. The highest BCUT2D eigenvalue weighted by Gasteiger charge is 2.27. The van der Waals surface area contributed by atoms with Crippen molar-refractivity contribution in [3.05, 3.63) is 34.3 Å². The minimum atomic E-state index is -0.0923. The third kappa shape index (κ3) is 3.85. The van der Waals surface area contributed by atoms with Gasteiger partial charge in [0.05, 0.1) is 10.6 Å². The molecule has 5 heteroatoms. The summed E-state index contributed by atoms with van der Waals surface area (Å²) >= 11 is 6.09. The van der Waals surface area contributed by atoms with E-state index in [2.05, 4.69) is 5.32 Å². The van der Waals surface area contributed by atoms with Crippen molar-refractivity contribution in [3.8, 4) is 0 Å². The number of hydrogen-bond donors (Lipinski definition) is 2. The summed E-state index contributed by atoms with van der Waals surface area (Å²) in [4.78, 5) is 12.2. The van der Waals surface area contributed by atoms with Crippen molar-refractivity contribution < 1.29 is 4.79 Å². The minimum absolute atomic E-state index is 0. The van der Waals surface area contributed by atoms with Crippen LogP contribution in [0.4, 0.5) is 0 Å². The van der Waals surface area contributed by atoms with Gasteiger partial charge in [-0.1, -0.05) is 24.1 Å². The van der Waals surface area contributed by atoms with Crippen LogP contribution in [0.1, 0.15) is 35.2 Å². The lowest BCUT2D eigenvalue weighted by Gasteiger charge is -2.19. The number of benzene rings is 1. The second kappa shape index (κ2) is 7.13. The van der Waals surface area contributed by atoms with Gasteiger partial charge in [-0.3, -0.25) is 4.79 Å². The molecule has 0 aliphatic heterocycles. The summed E-state index contributed by atoms with van der Waals surface area (Å²) in [7, 11) is 0. The topological polar surface area (TPSA) is 55.1 Å². The standard InChI is InChI=1S/C14H19ClN2O.ClH/c1-9-5-6-11(12(15)7-9)14(18)17-13-4-2-3-10(13)8-16;/h5-7,10,13H,2-4,8,16H2,1H3,(H,17,18);1H. The highest BCUT2D eigenvalue weighted by molar-refractivity contribution is 6.33. The lowest BCUT2D eigenvalue weighted by Crippen LogP contribution is -2.39. The van der Waals surface area contributed by atoms with E-state index in [4.69, 9.17) is 17.3 Å². The maximum atomic E-state index is 12.2. The van der Waals surface area contributed by atoms with Crippen molar-refractivity contribution in [2.45, 2.75) is 32.2 Å². The van der Waals surface area contributed by atoms with Crippen molar-refractivity contribution in [2.24, 2.45) is 11.7 Å². The Bertz CT molecular complexity index is 451. The van der Waals surface area contributed by atoms with Crippen LogP contribution in [0.3, 0.4) is 0 Å². The molecule has 19 heavy (non-hydrogen) atoms. The van der Waals surface area contributed by atoms with E-state index in [1.807, 2.05) is 19.1 Å². The molecule has 2 rings (SSSR count). The molecule has 0 aromatic heterocycles. The molecule has 1 aliphatic rings. The summed E-state index contributed by atoms with van der Waals surface area (Å²) in [5, 5.41) is 3.56. The third-order valence-corrected chi connectivity index (χ3v) is 3.96. The monoisotopic (exact) mass is 302 g/mol. The average Bonchev–Trinajstić information content (AvgIpc) is 2.76. The maximum absolute atomic E-state index is 12.2. The molecule has 0 spiro atoms. The van der Waals surface area contributed by atoms with Crippen LogP contribution in [0.25, 0.3) is 0 Å². The number of aryl methyl sites for hydroxylation is 1. The molecule has 106 valence electrons. The zero-order valence-electron chi connectivity index (χ0n) is 11.0. The van der Waals surface area contributed by atoms with Gasteiger partial charge in [-0.25, -0.2) is 0 Å². The maximum Gasteiger partial charge on any atom is 0.253 e. The van der Waals surface area contributed by atoms with E-state index in [-0.39, 0.29) is 24.4 Å². The van der Waals surface area contributed by atoms with Gasteiger partial charge in [-0.2, -0.15) is 0 Å². The molecule has 1 aliphatic carbocycles. The fraction of sp³-hybridized carbons (Fsp3) is 0.500. The second-order valence-electron chi connectivity index (χ2n) is 4.99. The van der Waals surface area contributed by atoms with Crippen LogP contribution >= 0.6 is 24.0 Å². The lowest BCUT2D eigenvalue weighted by molar-refractivity contribution is 0.0929. The Kier molecular flexibility index (Phi) is 6.11. The Morgan fingerprint density at radius 2 is 2.21 bits per heavy atom. The highest BCUT2D eigenvalue weighted by Crippen LogP contribution is 2.25. The molecular weight excluding hydrogens is 283 g/mol. The van der Waals surface area contributed by atoms with Gasteiger partial charge in [0.1, 0.15) is 0 Å². The first-order valence-corrected chi connectivity index (χ1v) is 6.76. The van der Waals surface area contributed by atoms with E-state index in [9.17, 15) is 4.79 Å². The molecule has 1 amide bonds. The number of amides is 1. The van der Waals surface area contributed by atoms with E-state index in [0.29, 0.717) is 23.0 Å². The predicted octanol–water partition coefficient (Wildman–Crippen LogP) is 2.93. The highest BCUT2D eigenvalue weighted by atomic mass is 35.5. The molecule has 1 aromatic carbocycles. The summed E-state index contributed by atoms with van der Waals surface area (Å²) in [6.45, 7) is 2.58. The summed E-state index contributed by atoms with van der Waals surface area (Å²) in [5.74, 6) is 0.309. The van der Waals surface area contributed by atoms with Crippen LogP contribution < -0.4 is 11.1 Å². The zero-order chi connectivity index (χ0) is 13.1. The van der Waals surface area contributed by atoms with E-state index < -0.39 is 0 Å². The van der Waals surface area contributed by atoms with Crippen LogP contribution in [0.2, 0.25) is 5.02 Å². The SMILES string of the molecule is Cc1ccc(C(=O)NC2CCCC2CN)c(Cl)c1.Cl. The molecule has 0 heterocycles. The summed E-state index contributed by atoms with van der Waals surface area (Å²) in [6, 6.07) is 5.68. The van der Waals surface area contributed by atoms with Gasteiger partial charge in [0.15, 0.2) is 0 Å². The Labute approximate surface area is 125 Å². The van der Waals surface area contributed by atoms with Gasteiger partial charge in [0.25, 0.3) is 5.91 Å². The van der Waals surface area contributed by atoms with Gasteiger partial charge < -0.3 is 11.1 Å². The molecular formula is C14H20Cl2N2O. The summed E-state index contributed by atoms with van der Waals surface area (Å²) in [6.07, 6.45) is 3.24. The normalized spacial score (nSPS) is 21.8. The number of nitrogens with two attached hydrogens (primary N) is 1. The largest absolute Gasteiger partial charge is 0.349 e. The molecule has 2 atom stereocenters. The Morgan fingerprint density at radius 1 is 1.47 bits per heavy atom. The fourth-order valence-electron chi connectivity index (χ4n) is 2.56. The lowest BCUT2D eigenvalue weighted by atomic mass is 10.0. The minimum Gasteiger partial charge on any atom is -0.349 e. The Morgan fingerprint density at radius 3 is 2.84 bits per heavy atom. The smallest absolute Gasteiger partial charge is 0.253 e. The number of nitrogens with one attached hydrogen (secondary N) is 1. The van der Waals surface area contributed by atoms with Crippen molar-refractivity contribution in [1.29, 1.82) is 0 Å². The van der Waals surface area contributed by atoms with Crippen molar-refractivity contribution in [2.75, 3.05) is 6.54 Å². The third-order valence-electron chi connectivity index (χ3n) is 3.65. The Balaban J connectivity index is 0.00000180. The average molecular weight is 303 g/mol. The molecule has 1 aromatic rings. The van der Waals surface area contributed by atoms with E-state index in [1.165, 1.54) is 0 Å². The molecule has 0 bridgehead atoms. The van der Waals surface area contributed by atoms with Gasteiger partial charge >= 0.3 is 0 Å². The van der Waals surface area contributed by atoms with Crippen LogP contribution in [0.15, 0.2) is 18.2 Å². The first-order valence-electron chi connectivity index (χ1n) is 6.39. The van der Waals surface area contributed by atoms with E-state index in [0.717, 1.165) is 24.8 Å². The molecule has 3 nitrogen and oxygen atoms in total. The predicted molar refractivity (Wildman–Crippen MR) is 81.1 cm³/mol. The van der Waals surface area contributed by atoms with Gasteiger partial charge in [0, 0.05) is 6.04 Å². The Hall–Kier alpha value is -0.770. The first kappa shape index (κ1) is 16.3. The second-order valence-corrected chi connectivity index (χ2v) is 5.40. The van der Waals surface area contributed by atoms with Crippen LogP contribution in [-0.2, 0) is 0 Å². The molecule has 0 radical (unpaired) electrons. The number of rotatable bonds is 3. The zero-order valence-corrected chi connectivity index (χ0v) is 12.6. The van der Waals surface area contributed by atoms with Crippen LogP contribution in [0, 0.1) is 12.8 Å².